The number of ether oxygens (including phenoxy) is 1. The lowest BCUT2D eigenvalue weighted by atomic mass is 9.96. The number of amides is 2. The number of non-ortho nitro benzene ring substituents is 1. The number of nitrogens with one attached hydrogen (secondary N) is 2. The maximum atomic E-state index is 12.9. The van der Waals surface area contributed by atoms with Gasteiger partial charge in [-0.1, -0.05) is 12.1 Å². The number of hydrogen-bond donors (Lipinski definition) is 2. The van der Waals surface area contributed by atoms with Gasteiger partial charge in [0.05, 0.1) is 21.9 Å². The van der Waals surface area contributed by atoms with Crippen LogP contribution in [0, 0.1) is 10.1 Å². The Kier molecular flexibility index (Phi) is 5.41. The Labute approximate surface area is 172 Å². The van der Waals surface area contributed by atoms with E-state index in [1.807, 2.05) is 0 Å². The summed E-state index contributed by atoms with van der Waals surface area (Å²) >= 11 is 0. The van der Waals surface area contributed by atoms with E-state index in [1.54, 1.807) is 45.2 Å². The van der Waals surface area contributed by atoms with Crippen molar-refractivity contribution in [2.45, 2.75) is 19.4 Å². The Morgan fingerprint density at radius 1 is 1.23 bits per heavy atom. The van der Waals surface area contributed by atoms with Crippen LogP contribution in [0.25, 0.3) is 0 Å². The molecular formula is C20H20N4O6. The molecule has 1 aliphatic heterocycles. The number of para-hydroxylation sites is 2. The highest BCUT2D eigenvalue weighted by molar-refractivity contribution is 6.14. The Morgan fingerprint density at radius 2 is 1.93 bits per heavy atom. The summed E-state index contributed by atoms with van der Waals surface area (Å²) in [6, 6.07) is 10.5. The van der Waals surface area contributed by atoms with Crippen molar-refractivity contribution in [3.05, 3.63) is 58.1 Å². The van der Waals surface area contributed by atoms with Crippen LogP contribution in [-0.4, -0.2) is 41.9 Å². The first-order valence-corrected chi connectivity index (χ1v) is 9.03. The Hall–Kier alpha value is -3.95. The van der Waals surface area contributed by atoms with Crippen molar-refractivity contribution in [2.75, 3.05) is 29.2 Å². The van der Waals surface area contributed by atoms with Crippen LogP contribution in [0.4, 0.5) is 22.7 Å². The van der Waals surface area contributed by atoms with Gasteiger partial charge in [0.25, 0.3) is 11.6 Å². The van der Waals surface area contributed by atoms with Gasteiger partial charge in [0, 0.05) is 24.9 Å². The number of nitro groups is 1. The topological polar surface area (TPSA) is 131 Å². The molecule has 0 aromatic heterocycles. The number of nitro benzene ring substituents is 1. The molecule has 0 radical (unpaired) electrons. The molecule has 0 aliphatic carbocycles. The molecule has 30 heavy (non-hydrogen) atoms. The van der Waals surface area contributed by atoms with Crippen molar-refractivity contribution in [1.29, 1.82) is 0 Å². The normalized spacial score (nSPS) is 14.4. The van der Waals surface area contributed by atoms with Crippen LogP contribution >= 0.6 is 0 Å². The van der Waals surface area contributed by atoms with Gasteiger partial charge in [0.15, 0.2) is 6.61 Å². The highest BCUT2D eigenvalue weighted by Gasteiger charge is 2.43. The predicted molar refractivity (Wildman–Crippen MR) is 110 cm³/mol. The number of benzene rings is 2. The molecule has 10 heteroatoms. The van der Waals surface area contributed by atoms with E-state index >= 15 is 0 Å². The molecule has 2 N–H and O–H groups in total. The Morgan fingerprint density at radius 3 is 2.60 bits per heavy atom. The van der Waals surface area contributed by atoms with E-state index in [1.165, 1.54) is 17.0 Å². The average molecular weight is 412 g/mol. The summed E-state index contributed by atoms with van der Waals surface area (Å²) < 4.78 is 5.14. The van der Waals surface area contributed by atoms with Crippen molar-refractivity contribution in [2.24, 2.45) is 0 Å². The summed E-state index contributed by atoms with van der Waals surface area (Å²) in [5, 5.41) is 16.5. The van der Waals surface area contributed by atoms with Crippen LogP contribution in [0.1, 0.15) is 24.2 Å². The van der Waals surface area contributed by atoms with E-state index < -0.39 is 28.9 Å². The number of rotatable bonds is 5. The van der Waals surface area contributed by atoms with Crippen LogP contribution in [0.15, 0.2) is 42.5 Å². The number of nitrogens with zero attached hydrogens (tertiary/aromatic N) is 2. The van der Waals surface area contributed by atoms with E-state index in [9.17, 15) is 24.5 Å². The van der Waals surface area contributed by atoms with Gasteiger partial charge in [-0.3, -0.25) is 24.6 Å². The maximum Gasteiger partial charge on any atom is 0.341 e. The quantitative estimate of drug-likeness (QED) is 0.438. The summed E-state index contributed by atoms with van der Waals surface area (Å²) in [6.45, 7) is 2.52. The summed E-state index contributed by atoms with van der Waals surface area (Å²) in [7, 11) is 1.55. The molecule has 156 valence electrons. The van der Waals surface area contributed by atoms with E-state index in [0.29, 0.717) is 17.1 Å². The average Bonchev–Trinajstić information content (AvgIpc) is 2.71. The molecule has 0 unspecified atom stereocenters. The van der Waals surface area contributed by atoms with Gasteiger partial charge in [-0.15, -0.1) is 0 Å². The molecule has 0 spiro atoms. The Bertz CT molecular complexity index is 1050. The van der Waals surface area contributed by atoms with E-state index in [-0.39, 0.29) is 17.2 Å². The first-order chi connectivity index (χ1) is 14.2. The number of carbonyl (C=O) groups excluding carboxylic acids is 3. The molecule has 2 amide bonds. The maximum absolute atomic E-state index is 12.9. The smallest absolute Gasteiger partial charge is 0.341 e. The third-order valence-electron chi connectivity index (χ3n) is 4.79. The Balaban J connectivity index is 1.83. The van der Waals surface area contributed by atoms with Crippen LogP contribution in [0.5, 0.6) is 0 Å². The minimum absolute atomic E-state index is 0.0736. The van der Waals surface area contributed by atoms with E-state index in [0.717, 1.165) is 6.07 Å². The highest BCUT2D eigenvalue weighted by atomic mass is 16.6. The lowest BCUT2D eigenvalue weighted by Crippen LogP contribution is -2.59. The molecule has 2 aromatic carbocycles. The number of anilines is 3. The molecule has 3 rings (SSSR count). The molecule has 0 bridgehead atoms. The summed E-state index contributed by atoms with van der Waals surface area (Å²) in [5.74, 6) is -1.88. The minimum atomic E-state index is -1.21. The lowest BCUT2D eigenvalue weighted by Gasteiger charge is -2.41. The van der Waals surface area contributed by atoms with Crippen LogP contribution < -0.4 is 15.5 Å². The summed E-state index contributed by atoms with van der Waals surface area (Å²) in [5.41, 5.74) is -0.293. The van der Waals surface area contributed by atoms with Gasteiger partial charge in [-0.25, -0.2) is 4.79 Å². The van der Waals surface area contributed by atoms with Gasteiger partial charge in [0.1, 0.15) is 5.54 Å². The largest absolute Gasteiger partial charge is 0.452 e. The molecule has 10 nitrogen and oxygen atoms in total. The monoisotopic (exact) mass is 412 g/mol. The summed E-state index contributed by atoms with van der Waals surface area (Å²) in [6.07, 6.45) is 0. The fourth-order valence-corrected chi connectivity index (χ4v) is 3.20. The zero-order valence-corrected chi connectivity index (χ0v) is 16.6. The zero-order valence-electron chi connectivity index (χ0n) is 16.6. The van der Waals surface area contributed by atoms with Crippen LogP contribution in [-0.2, 0) is 14.3 Å². The molecule has 0 saturated heterocycles. The fourth-order valence-electron chi connectivity index (χ4n) is 3.20. The molecule has 0 saturated carbocycles. The SMILES string of the molecule is CNc1ccc([N+](=O)[O-])cc1C(=O)OCC(=O)N1c2ccccc2NC(=O)C1(C)C. The van der Waals surface area contributed by atoms with Gasteiger partial charge < -0.3 is 15.4 Å². The molecular weight excluding hydrogens is 392 g/mol. The highest BCUT2D eigenvalue weighted by Crippen LogP contribution is 2.36. The number of fused-ring (bicyclic) bond motifs is 1. The standard InChI is InChI=1S/C20H20N4O6/c1-20(2)19(27)22-15-6-4-5-7-16(15)23(20)17(25)11-30-18(26)13-10-12(24(28)29)8-9-14(13)21-3/h4-10,21H,11H2,1-3H3,(H,22,27). The number of esters is 1. The molecule has 1 heterocycles. The van der Waals surface area contributed by atoms with Crippen molar-refractivity contribution in [3.8, 4) is 0 Å². The minimum Gasteiger partial charge on any atom is -0.452 e. The second-order valence-corrected chi connectivity index (χ2v) is 7.07. The lowest BCUT2D eigenvalue weighted by molar-refractivity contribution is -0.384. The second-order valence-electron chi connectivity index (χ2n) is 7.07. The van der Waals surface area contributed by atoms with Crippen LogP contribution in [0.2, 0.25) is 0 Å². The first kappa shape index (κ1) is 20.8. The second kappa shape index (κ2) is 7.82. The summed E-state index contributed by atoms with van der Waals surface area (Å²) in [4.78, 5) is 49.6. The van der Waals surface area contributed by atoms with Crippen LogP contribution in [0.3, 0.4) is 0 Å². The van der Waals surface area contributed by atoms with Gasteiger partial charge >= 0.3 is 5.97 Å². The number of hydrogen-bond acceptors (Lipinski definition) is 7. The van der Waals surface area contributed by atoms with E-state index in [4.69, 9.17) is 4.74 Å². The molecule has 0 fully saturated rings. The molecule has 1 aliphatic rings. The van der Waals surface area contributed by atoms with Crippen molar-refractivity contribution < 1.29 is 24.0 Å². The predicted octanol–water partition coefficient (Wildman–Crippen LogP) is 2.56. The van der Waals surface area contributed by atoms with Crippen molar-refractivity contribution >= 4 is 40.5 Å². The van der Waals surface area contributed by atoms with Crippen molar-refractivity contribution in [1.82, 2.24) is 0 Å². The number of carbonyl (C=O) groups is 3. The third-order valence-corrected chi connectivity index (χ3v) is 4.79. The van der Waals surface area contributed by atoms with Gasteiger partial charge in [-0.05, 0) is 32.0 Å². The molecule has 2 aromatic rings. The van der Waals surface area contributed by atoms with Gasteiger partial charge in [-0.2, -0.15) is 0 Å². The van der Waals surface area contributed by atoms with Crippen molar-refractivity contribution in [3.63, 3.8) is 0 Å². The van der Waals surface area contributed by atoms with E-state index in [2.05, 4.69) is 10.6 Å². The fraction of sp³-hybridized carbons (Fsp3) is 0.250. The zero-order chi connectivity index (χ0) is 22.1. The van der Waals surface area contributed by atoms with Gasteiger partial charge in [0.2, 0.25) is 5.91 Å². The first-order valence-electron chi connectivity index (χ1n) is 9.03. The molecule has 0 atom stereocenters. The third kappa shape index (κ3) is 3.66.